The average Bonchev–Trinajstić information content (AvgIpc) is 3.64. The maximum absolute atomic E-state index is 13.6. The lowest BCUT2D eigenvalue weighted by Crippen LogP contribution is -2.49. The fourth-order valence-corrected chi connectivity index (χ4v) is 7.63. The molecule has 12 heteroatoms. The van der Waals surface area contributed by atoms with Crippen LogP contribution in [0, 0.1) is 5.92 Å². The fraction of sp³-hybridized carbons (Fsp3) is 0.441. The number of hydrogen-bond donors (Lipinski definition) is 2. The number of oxazole rings is 1. The first-order chi connectivity index (χ1) is 22.4. The highest BCUT2D eigenvalue weighted by molar-refractivity contribution is 5.99. The lowest BCUT2D eigenvalue weighted by Gasteiger charge is -2.41. The normalized spacial score (nSPS) is 18.8. The fourth-order valence-electron chi connectivity index (χ4n) is 7.63. The Balaban J connectivity index is 0.964. The highest BCUT2D eigenvalue weighted by Crippen LogP contribution is 2.33. The molecule has 0 saturated carbocycles. The molecule has 6 heterocycles. The van der Waals surface area contributed by atoms with E-state index in [2.05, 4.69) is 54.9 Å². The van der Waals surface area contributed by atoms with Crippen molar-refractivity contribution in [3.8, 4) is 11.3 Å². The maximum atomic E-state index is 13.6. The summed E-state index contributed by atoms with van der Waals surface area (Å²) in [5.74, 6) is 0.841. The van der Waals surface area contributed by atoms with Gasteiger partial charge in [-0.25, -0.2) is 14.6 Å². The standard InChI is InChI=1S/C34H40N10O2/c1-41-11-9-26(10-12-41)42-13-6-22(7-14-42)33(45)43-15-8-23-16-21(2-3-25(23)19-43)18-44-32-29(31(35)37-20-38-32)30(40-44)24-4-5-28-27(17-24)39-34(36)46-28/h2-5,16-17,20,22,26H,6-15,18-19H2,1H3,(H2,36,39)(H2,35,37,38). The van der Waals surface area contributed by atoms with Gasteiger partial charge in [-0.05, 0) is 100 Å². The van der Waals surface area contributed by atoms with Crippen LogP contribution in [0.15, 0.2) is 47.1 Å². The Kier molecular flexibility index (Phi) is 7.33. The van der Waals surface area contributed by atoms with Crippen molar-refractivity contribution in [1.82, 2.24) is 39.4 Å². The molecule has 3 aliphatic heterocycles. The topological polar surface area (TPSA) is 148 Å². The third-order valence-corrected chi connectivity index (χ3v) is 10.2. The number of hydrogen-bond acceptors (Lipinski definition) is 10. The quantitative estimate of drug-likeness (QED) is 0.299. The molecule has 0 aliphatic carbocycles. The Labute approximate surface area is 267 Å². The van der Waals surface area contributed by atoms with Crippen molar-refractivity contribution in [3.63, 3.8) is 0 Å². The van der Waals surface area contributed by atoms with Gasteiger partial charge < -0.3 is 30.6 Å². The summed E-state index contributed by atoms with van der Waals surface area (Å²) in [6.45, 7) is 6.41. The summed E-state index contributed by atoms with van der Waals surface area (Å²) in [6.07, 6.45) is 6.76. The number of piperidine rings is 2. The van der Waals surface area contributed by atoms with Gasteiger partial charge in [0.2, 0.25) is 5.91 Å². The molecule has 4 N–H and O–H groups in total. The minimum Gasteiger partial charge on any atom is -0.424 e. The van der Waals surface area contributed by atoms with Crippen molar-refractivity contribution in [2.24, 2.45) is 5.92 Å². The van der Waals surface area contributed by atoms with Gasteiger partial charge in [-0.1, -0.05) is 18.2 Å². The first kappa shape index (κ1) is 28.9. The molecule has 5 aromatic rings. The largest absolute Gasteiger partial charge is 0.424 e. The van der Waals surface area contributed by atoms with Crippen molar-refractivity contribution >= 4 is 39.9 Å². The van der Waals surface area contributed by atoms with Crippen LogP contribution in [-0.4, -0.2) is 91.2 Å². The summed E-state index contributed by atoms with van der Waals surface area (Å²) in [5.41, 5.74) is 19.2. The second-order valence-corrected chi connectivity index (χ2v) is 13.2. The summed E-state index contributed by atoms with van der Waals surface area (Å²) < 4.78 is 7.32. The van der Waals surface area contributed by atoms with Gasteiger partial charge in [-0.3, -0.25) is 4.79 Å². The zero-order chi connectivity index (χ0) is 31.4. The third-order valence-electron chi connectivity index (χ3n) is 10.2. The predicted octanol–water partition coefficient (Wildman–Crippen LogP) is 3.54. The first-order valence-corrected chi connectivity index (χ1v) is 16.3. The van der Waals surface area contributed by atoms with Crippen molar-refractivity contribution in [1.29, 1.82) is 0 Å². The van der Waals surface area contributed by atoms with E-state index in [9.17, 15) is 4.79 Å². The van der Waals surface area contributed by atoms with Crippen LogP contribution in [0.2, 0.25) is 0 Å². The van der Waals surface area contributed by atoms with E-state index in [0.717, 1.165) is 50.0 Å². The van der Waals surface area contributed by atoms with Crippen LogP contribution >= 0.6 is 0 Å². The molecular weight excluding hydrogens is 580 g/mol. The summed E-state index contributed by atoms with van der Waals surface area (Å²) in [7, 11) is 2.21. The molecule has 0 atom stereocenters. The second-order valence-electron chi connectivity index (χ2n) is 13.2. The number of fused-ring (bicyclic) bond motifs is 3. The average molecular weight is 621 g/mol. The van der Waals surface area contributed by atoms with Crippen LogP contribution in [0.5, 0.6) is 0 Å². The molecule has 0 spiro atoms. The Hall–Kier alpha value is -4.55. The van der Waals surface area contributed by atoms with Crippen molar-refractivity contribution in [3.05, 3.63) is 59.4 Å². The van der Waals surface area contributed by atoms with Crippen molar-refractivity contribution in [2.75, 3.05) is 51.2 Å². The van der Waals surface area contributed by atoms with Crippen LogP contribution in [0.4, 0.5) is 11.8 Å². The van der Waals surface area contributed by atoms with Gasteiger partial charge in [0.25, 0.3) is 6.01 Å². The highest BCUT2D eigenvalue weighted by atomic mass is 16.4. The molecule has 3 aliphatic rings. The number of carbonyl (C=O) groups excluding carboxylic acids is 1. The van der Waals surface area contributed by atoms with Gasteiger partial charge in [0.1, 0.15) is 23.4 Å². The number of amides is 1. The summed E-state index contributed by atoms with van der Waals surface area (Å²) in [6, 6.07) is 13.0. The van der Waals surface area contributed by atoms with E-state index in [1.54, 1.807) is 0 Å². The molecule has 1 amide bonds. The monoisotopic (exact) mass is 620 g/mol. The van der Waals surface area contributed by atoms with E-state index in [1.165, 1.54) is 43.4 Å². The van der Waals surface area contributed by atoms with Crippen LogP contribution in [0.1, 0.15) is 42.4 Å². The molecule has 238 valence electrons. The Bertz CT molecular complexity index is 1920. The number of rotatable bonds is 5. The molecule has 0 bridgehead atoms. The predicted molar refractivity (Wildman–Crippen MR) is 177 cm³/mol. The Morgan fingerprint density at radius 3 is 2.61 bits per heavy atom. The summed E-state index contributed by atoms with van der Waals surface area (Å²) in [4.78, 5) is 33.8. The number of carbonyl (C=O) groups is 1. The van der Waals surface area contributed by atoms with Gasteiger partial charge >= 0.3 is 0 Å². The summed E-state index contributed by atoms with van der Waals surface area (Å²) >= 11 is 0. The number of nitrogens with zero attached hydrogens (tertiary/aromatic N) is 8. The lowest BCUT2D eigenvalue weighted by molar-refractivity contribution is -0.138. The van der Waals surface area contributed by atoms with Crippen LogP contribution < -0.4 is 11.5 Å². The second kappa shape index (κ2) is 11.7. The Morgan fingerprint density at radius 2 is 1.78 bits per heavy atom. The molecule has 8 rings (SSSR count). The molecule has 0 unspecified atom stereocenters. The zero-order valence-corrected chi connectivity index (χ0v) is 26.2. The smallest absolute Gasteiger partial charge is 0.292 e. The number of nitrogens with two attached hydrogens (primary N) is 2. The van der Waals surface area contributed by atoms with E-state index in [-0.39, 0.29) is 11.9 Å². The molecule has 2 aromatic carbocycles. The van der Waals surface area contributed by atoms with Crippen LogP contribution in [0.3, 0.4) is 0 Å². The molecule has 46 heavy (non-hydrogen) atoms. The van der Waals surface area contributed by atoms with Gasteiger partial charge in [-0.2, -0.15) is 10.1 Å². The van der Waals surface area contributed by atoms with Crippen molar-refractivity contribution < 1.29 is 9.21 Å². The highest BCUT2D eigenvalue weighted by Gasteiger charge is 2.33. The summed E-state index contributed by atoms with van der Waals surface area (Å²) in [5, 5.41) is 5.65. The van der Waals surface area contributed by atoms with Gasteiger partial charge in [0.15, 0.2) is 11.2 Å². The third kappa shape index (κ3) is 5.35. The van der Waals surface area contributed by atoms with Crippen molar-refractivity contribution in [2.45, 2.75) is 51.2 Å². The molecule has 12 nitrogen and oxygen atoms in total. The van der Waals surface area contributed by atoms with Gasteiger partial charge in [0, 0.05) is 30.6 Å². The van der Waals surface area contributed by atoms with E-state index in [0.29, 0.717) is 58.7 Å². The minimum absolute atomic E-state index is 0.119. The maximum Gasteiger partial charge on any atom is 0.292 e. The lowest BCUT2D eigenvalue weighted by atomic mass is 9.91. The van der Waals surface area contributed by atoms with E-state index < -0.39 is 0 Å². The van der Waals surface area contributed by atoms with Crippen LogP contribution in [-0.2, 0) is 24.3 Å². The van der Waals surface area contributed by atoms with E-state index in [1.807, 2.05) is 22.9 Å². The van der Waals surface area contributed by atoms with Crippen LogP contribution in [0.25, 0.3) is 33.4 Å². The first-order valence-electron chi connectivity index (χ1n) is 16.3. The molecule has 2 fully saturated rings. The Morgan fingerprint density at radius 1 is 0.957 bits per heavy atom. The SMILES string of the molecule is CN1CCC(N2CCC(C(=O)N3CCc4cc(Cn5nc(-c6ccc7oc(N)nc7c6)c6c(N)ncnc65)ccc4C3)CC2)CC1. The van der Waals surface area contributed by atoms with Gasteiger partial charge in [0.05, 0.1) is 11.9 Å². The molecular formula is C34H40N10O2. The number of likely N-dealkylation sites (tertiary alicyclic amines) is 2. The molecule has 0 radical (unpaired) electrons. The molecule has 3 aromatic heterocycles. The van der Waals surface area contributed by atoms with E-state index >= 15 is 0 Å². The van der Waals surface area contributed by atoms with E-state index in [4.69, 9.17) is 21.0 Å². The number of nitrogen functional groups attached to an aromatic ring is 2. The minimum atomic E-state index is 0.119. The molecule has 2 saturated heterocycles. The number of benzene rings is 2. The number of anilines is 2. The zero-order valence-electron chi connectivity index (χ0n) is 26.2. The number of aromatic nitrogens is 5. The van der Waals surface area contributed by atoms with Gasteiger partial charge in [-0.15, -0.1) is 0 Å².